The van der Waals surface area contributed by atoms with E-state index in [1.165, 1.54) is 0 Å². The molecule has 0 saturated heterocycles. The lowest BCUT2D eigenvalue weighted by Crippen LogP contribution is -2.46. The summed E-state index contributed by atoms with van der Waals surface area (Å²) in [5.41, 5.74) is -0.301. The molecule has 0 spiro atoms. The summed E-state index contributed by atoms with van der Waals surface area (Å²) in [6, 6.07) is 14.1. The lowest BCUT2D eigenvalue weighted by Gasteiger charge is -2.24. The second kappa shape index (κ2) is 8.10. The van der Waals surface area contributed by atoms with Gasteiger partial charge in [0.05, 0.1) is 11.6 Å². The van der Waals surface area contributed by atoms with Crippen molar-refractivity contribution < 1.29 is 9.53 Å². The van der Waals surface area contributed by atoms with E-state index in [1.807, 2.05) is 18.2 Å². The van der Waals surface area contributed by atoms with Crippen molar-refractivity contribution in [1.29, 1.82) is 0 Å². The van der Waals surface area contributed by atoms with Gasteiger partial charge in [-0.2, -0.15) is 0 Å². The summed E-state index contributed by atoms with van der Waals surface area (Å²) in [5, 5.41) is 3.93. The molecule has 0 aliphatic rings. The molecule has 5 heteroatoms. The maximum absolute atomic E-state index is 12.3. The number of ether oxygens (including phenoxy) is 1. The van der Waals surface area contributed by atoms with E-state index in [-0.39, 0.29) is 12.5 Å². The van der Waals surface area contributed by atoms with Gasteiger partial charge in [-0.3, -0.25) is 4.79 Å². The van der Waals surface area contributed by atoms with Gasteiger partial charge in [0.15, 0.2) is 5.60 Å². The molecule has 2 rings (SSSR count). The fraction of sp³-hybridized carbons (Fsp3) is 0.211. The van der Waals surface area contributed by atoms with Crippen molar-refractivity contribution >= 4 is 29.1 Å². The summed E-state index contributed by atoms with van der Waals surface area (Å²) in [4.78, 5) is 12.3. The van der Waals surface area contributed by atoms with E-state index >= 15 is 0 Å². The Morgan fingerprint density at radius 3 is 2.46 bits per heavy atom. The highest BCUT2D eigenvalue weighted by Crippen LogP contribution is 2.21. The maximum Gasteiger partial charge on any atom is 0.264 e. The summed E-state index contributed by atoms with van der Waals surface area (Å²) >= 11 is 11.9. The molecular weight excluding hydrogens is 345 g/mol. The van der Waals surface area contributed by atoms with E-state index in [0.29, 0.717) is 15.8 Å². The van der Waals surface area contributed by atoms with Crippen LogP contribution in [0.25, 0.3) is 0 Å². The molecule has 1 amide bonds. The van der Waals surface area contributed by atoms with Gasteiger partial charge >= 0.3 is 0 Å². The zero-order valence-electron chi connectivity index (χ0n) is 13.4. The van der Waals surface area contributed by atoms with E-state index in [1.54, 1.807) is 44.2 Å². The summed E-state index contributed by atoms with van der Waals surface area (Å²) in [6.45, 7) is 3.59. The van der Waals surface area contributed by atoms with Crippen molar-refractivity contribution in [2.75, 3.05) is 6.54 Å². The van der Waals surface area contributed by atoms with Crippen molar-refractivity contribution in [1.82, 2.24) is 5.32 Å². The minimum Gasteiger partial charge on any atom is -0.478 e. The Morgan fingerprint density at radius 2 is 1.79 bits per heavy atom. The third-order valence-electron chi connectivity index (χ3n) is 3.17. The Bertz CT molecular complexity index is 774. The van der Waals surface area contributed by atoms with Crippen LogP contribution in [0.5, 0.6) is 5.75 Å². The van der Waals surface area contributed by atoms with Gasteiger partial charge < -0.3 is 10.1 Å². The van der Waals surface area contributed by atoms with Crippen molar-refractivity contribution in [2.24, 2.45) is 0 Å². The van der Waals surface area contributed by atoms with Gasteiger partial charge in [-0.15, -0.1) is 0 Å². The zero-order valence-corrected chi connectivity index (χ0v) is 14.9. The van der Waals surface area contributed by atoms with Crippen LogP contribution in [-0.2, 0) is 4.79 Å². The highest BCUT2D eigenvalue weighted by molar-refractivity contribution is 6.31. The number of carbonyl (C=O) groups is 1. The first-order chi connectivity index (χ1) is 11.4. The van der Waals surface area contributed by atoms with E-state index in [0.717, 1.165) is 5.56 Å². The predicted octanol–water partition coefficient (Wildman–Crippen LogP) is 4.32. The van der Waals surface area contributed by atoms with Gasteiger partial charge in [0.25, 0.3) is 5.91 Å². The molecule has 1 N–H and O–H groups in total. The lowest BCUT2D eigenvalue weighted by atomic mass is 10.1. The van der Waals surface area contributed by atoms with Crippen LogP contribution in [-0.4, -0.2) is 18.1 Å². The molecule has 0 radical (unpaired) electrons. The zero-order chi connectivity index (χ0) is 17.6. The normalized spacial score (nSPS) is 10.5. The Kier molecular flexibility index (Phi) is 6.14. The number of benzene rings is 2. The molecule has 3 nitrogen and oxygen atoms in total. The van der Waals surface area contributed by atoms with Gasteiger partial charge in [0.2, 0.25) is 0 Å². The topological polar surface area (TPSA) is 38.3 Å². The third-order valence-corrected chi connectivity index (χ3v) is 3.75. The molecule has 124 valence electrons. The average Bonchev–Trinajstić information content (AvgIpc) is 2.55. The van der Waals surface area contributed by atoms with Crippen LogP contribution in [0.3, 0.4) is 0 Å². The smallest absolute Gasteiger partial charge is 0.264 e. The van der Waals surface area contributed by atoms with Crippen LogP contribution in [0.1, 0.15) is 19.4 Å². The number of hydrogen-bond acceptors (Lipinski definition) is 2. The summed E-state index contributed by atoms with van der Waals surface area (Å²) in [5.74, 6) is 6.11. The average molecular weight is 362 g/mol. The molecule has 0 unspecified atom stereocenters. The number of carbonyl (C=O) groups excluding carboxylic acids is 1. The van der Waals surface area contributed by atoms with Crippen LogP contribution in [0, 0.1) is 11.8 Å². The van der Waals surface area contributed by atoms with Crippen molar-refractivity contribution in [3.63, 3.8) is 0 Å². The Labute approximate surface area is 151 Å². The largest absolute Gasteiger partial charge is 0.478 e. The molecule has 2 aromatic rings. The fourth-order valence-corrected chi connectivity index (χ4v) is 2.19. The molecular formula is C19H17Cl2NO2. The van der Waals surface area contributed by atoms with Crippen LogP contribution in [0.15, 0.2) is 48.5 Å². The first-order valence-electron chi connectivity index (χ1n) is 7.35. The van der Waals surface area contributed by atoms with E-state index < -0.39 is 5.60 Å². The first kappa shape index (κ1) is 18.2. The molecule has 0 fully saturated rings. The quantitative estimate of drug-likeness (QED) is 0.823. The molecule has 0 aliphatic carbocycles. The molecule has 0 aliphatic heterocycles. The van der Waals surface area contributed by atoms with Crippen molar-refractivity contribution in [3.8, 4) is 17.6 Å². The number of amides is 1. The highest BCUT2D eigenvalue weighted by Gasteiger charge is 2.29. The van der Waals surface area contributed by atoms with Gasteiger partial charge in [-0.25, -0.2) is 0 Å². The number of hydrogen-bond donors (Lipinski definition) is 1. The van der Waals surface area contributed by atoms with Gasteiger partial charge in [-0.1, -0.05) is 47.2 Å². The second-order valence-electron chi connectivity index (χ2n) is 5.53. The molecule has 24 heavy (non-hydrogen) atoms. The molecule has 0 heterocycles. The van der Waals surface area contributed by atoms with Crippen LogP contribution in [0.2, 0.25) is 10.0 Å². The van der Waals surface area contributed by atoms with E-state index in [2.05, 4.69) is 17.2 Å². The first-order valence-corrected chi connectivity index (χ1v) is 8.10. The molecule has 0 atom stereocenters. The Hall–Kier alpha value is -2.15. The summed E-state index contributed by atoms with van der Waals surface area (Å²) in [6.07, 6.45) is 0. The summed E-state index contributed by atoms with van der Waals surface area (Å²) in [7, 11) is 0. The third kappa shape index (κ3) is 5.19. The van der Waals surface area contributed by atoms with Gasteiger partial charge in [0, 0.05) is 10.6 Å². The molecule has 2 aromatic carbocycles. The summed E-state index contributed by atoms with van der Waals surface area (Å²) < 4.78 is 5.71. The van der Waals surface area contributed by atoms with Crippen LogP contribution >= 0.6 is 23.2 Å². The number of rotatable bonds is 4. The monoisotopic (exact) mass is 361 g/mol. The van der Waals surface area contributed by atoms with Crippen molar-refractivity contribution in [3.05, 3.63) is 64.1 Å². The lowest BCUT2D eigenvalue weighted by molar-refractivity contribution is -0.133. The van der Waals surface area contributed by atoms with Crippen LogP contribution in [0.4, 0.5) is 0 Å². The molecule has 0 saturated carbocycles. The molecule has 0 aromatic heterocycles. The van der Waals surface area contributed by atoms with Gasteiger partial charge in [0.1, 0.15) is 5.75 Å². The Balaban J connectivity index is 1.91. The van der Waals surface area contributed by atoms with E-state index in [9.17, 15) is 4.79 Å². The number of halogens is 2. The Morgan fingerprint density at radius 1 is 1.12 bits per heavy atom. The van der Waals surface area contributed by atoms with Crippen LogP contribution < -0.4 is 10.1 Å². The van der Waals surface area contributed by atoms with E-state index in [4.69, 9.17) is 27.9 Å². The van der Waals surface area contributed by atoms with Gasteiger partial charge in [-0.05, 0) is 50.2 Å². The minimum atomic E-state index is -1.03. The highest BCUT2D eigenvalue weighted by atomic mass is 35.5. The molecule has 0 bridgehead atoms. The second-order valence-corrected chi connectivity index (χ2v) is 6.37. The number of nitrogens with one attached hydrogen (secondary N) is 1. The minimum absolute atomic E-state index is 0.206. The predicted molar refractivity (Wildman–Crippen MR) is 97.5 cm³/mol. The maximum atomic E-state index is 12.3. The van der Waals surface area contributed by atoms with Crippen molar-refractivity contribution in [2.45, 2.75) is 19.4 Å². The standard InChI is InChI=1S/C19H17Cl2NO2/c1-19(2,24-16-11-9-15(20)10-12-16)18(23)22-13-5-7-14-6-3-4-8-17(14)21/h3-4,6,8-12H,13H2,1-2H3,(H,22,23). The SMILES string of the molecule is CC(C)(Oc1ccc(Cl)cc1)C(=O)NCC#Cc1ccccc1Cl. The fourth-order valence-electron chi connectivity index (χ4n) is 1.88.